The Labute approximate surface area is 166 Å². The van der Waals surface area contributed by atoms with E-state index in [1.807, 2.05) is 36.1 Å². The number of anilines is 1. The Bertz CT molecular complexity index is 668. The lowest BCUT2D eigenvalue weighted by atomic mass is 10.0. The average Bonchev–Trinajstić information content (AvgIpc) is 2.74. The fraction of sp³-hybridized carbons (Fsp3) is 0.600. The zero-order valence-electron chi connectivity index (χ0n) is 16.7. The minimum atomic E-state index is -0.209. The molecular weight excluding hydrogens is 360 g/mol. The highest BCUT2D eigenvalue weighted by atomic mass is 16.6. The van der Waals surface area contributed by atoms with Crippen molar-refractivity contribution in [3.8, 4) is 5.75 Å². The molecular formula is C20H30N4O4. The normalized spacial score (nSPS) is 18.6. The zero-order valence-corrected chi connectivity index (χ0v) is 16.7. The number of ether oxygens (including phenoxy) is 2. The smallest absolute Gasteiger partial charge is 0.409 e. The number of nitrogens with zero attached hydrogens (tertiary/aromatic N) is 3. The molecule has 3 rings (SSSR count). The largest absolute Gasteiger partial charge is 0.495 e. The molecule has 2 aliphatic heterocycles. The third-order valence-corrected chi connectivity index (χ3v) is 5.46. The summed E-state index contributed by atoms with van der Waals surface area (Å²) in [7, 11) is 1.59. The number of hydrogen-bond acceptors (Lipinski definition) is 5. The van der Waals surface area contributed by atoms with Crippen LogP contribution < -0.4 is 10.1 Å². The van der Waals surface area contributed by atoms with Gasteiger partial charge in [-0.05, 0) is 31.9 Å². The molecule has 0 aliphatic carbocycles. The Balaban J connectivity index is 1.44. The zero-order chi connectivity index (χ0) is 19.9. The van der Waals surface area contributed by atoms with Gasteiger partial charge in [-0.15, -0.1) is 0 Å². The SMILES string of the molecule is CCOC(=O)N1CCC(N2CCN(C(=O)Nc3ccccc3OC)CC2)CC1. The summed E-state index contributed by atoms with van der Waals surface area (Å²) in [5.41, 5.74) is 0.684. The van der Waals surface area contributed by atoms with Crippen molar-refractivity contribution in [2.24, 2.45) is 0 Å². The molecule has 1 aromatic carbocycles. The van der Waals surface area contributed by atoms with Crippen LogP contribution in [0.15, 0.2) is 24.3 Å². The predicted octanol–water partition coefficient (Wildman–Crippen LogP) is 2.47. The first-order valence-electron chi connectivity index (χ1n) is 9.97. The minimum Gasteiger partial charge on any atom is -0.495 e. The molecule has 28 heavy (non-hydrogen) atoms. The number of hydrogen-bond donors (Lipinski definition) is 1. The highest BCUT2D eigenvalue weighted by molar-refractivity contribution is 5.91. The van der Waals surface area contributed by atoms with Gasteiger partial charge < -0.3 is 24.6 Å². The second-order valence-electron chi connectivity index (χ2n) is 7.07. The molecule has 3 amide bonds. The van der Waals surface area contributed by atoms with Crippen molar-refractivity contribution in [1.29, 1.82) is 0 Å². The maximum atomic E-state index is 12.6. The summed E-state index contributed by atoms with van der Waals surface area (Å²) in [6.45, 7) is 6.80. The summed E-state index contributed by atoms with van der Waals surface area (Å²) in [5.74, 6) is 0.655. The topological polar surface area (TPSA) is 74.4 Å². The first-order valence-corrected chi connectivity index (χ1v) is 9.97. The van der Waals surface area contributed by atoms with Crippen molar-refractivity contribution in [3.63, 3.8) is 0 Å². The molecule has 154 valence electrons. The second kappa shape index (κ2) is 9.64. The second-order valence-corrected chi connectivity index (χ2v) is 7.07. The van der Waals surface area contributed by atoms with Crippen molar-refractivity contribution >= 4 is 17.8 Å². The van der Waals surface area contributed by atoms with Crippen LogP contribution in [0.3, 0.4) is 0 Å². The monoisotopic (exact) mass is 390 g/mol. The number of benzene rings is 1. The summed E-state index contributed by atoms with van der Waals surface area (Å²) in [4.78, 5) is 30.5. The van der Waals surface area contributed by atoms with Gasteiger partial charge in [-0.1, -0.05) is 12.1 Å². The standard InChI is InChI=1S/C20H30N4O4/c1-3-28-20(26)24-10-8-16(9-11-24)22-12-14-23(15-13-22)19(25)21-17-6-4-5-7-18(17)27-2/h4-7,16H,3,8-15H2,1-2H3,(H,21,25). The fourth-order valence-corrected chi connectivity index (χ4v) is 3.86. The van der Waals surface area contributed by atoms with E-state index in [0.717, 1.165) is 39.0 Å². The van der Waals surface area contributed by atoms with Crippen LogP contribution in [0.5, 0.6) is 5.75 Å². The van der Waals surface area contributed by atoms with Gasteiger partial charge in [-0.25, -0.2) is 9.59 Å². The van der Waals surface area contributed by atoms with Gasteiger partial charge in [0.25, 0.3) is 0 Å². The molecule has 2 fully saturated rings. The first kappa shape index (κ1) is 20.3. The van der Waals surface area contributed by atoms with Gasteiger partial charge in [0.1, 0.15) is 5.75 Å². The molecule has 2 saturated heterocycles. The van der Waals surface area contributed by atoms with Gasteiger partial charge in [0, 0.05) is 45.3 Å². The van der Waals surface area contributed by atoms with Gasteiger partial charge in [0.2, 0.25) is 0 Å². The van der Waals surface area contributed by atoms with Crippen LogP contribution >= 0.6 is 0 Å². The third kappa shape index (κ3) is 4.86. The van der Waals surface area contributed by atoms with Crippen molar-refractivity contribution in [2.75, 3.05) is 58.3 Å². The maximum absolute atomic E-state index is 12.6. The molecule has 0 aromatic heterocycles. The molecule has 8 heteroatoms. The van der Waals surface area contributed by atoms with Crippen molar-refractivity contribution < 1.29 is 19.1 Å². The first-order chi connectivity index (χ1) is 13.6. The van der Waals surface area contributed by atoms with E-state index >= 15 is 0 Å². The van der Waals surface area contributed by atoms with Gasteiger partial charge in [-0.3, -0.25) is 4.90 Å². The van der Waals surface area contributed by atoms with E-state index in [9.17, 15) is 9.59 Å². The predicted molar refractivity (Wildman–Crippen MR) is 107 cm³/mol. The molecule has 0 unspecified atom stereocenters. The number of carbonyl (C=O) groups is 2. The Morgan fingerprint density at radius 1 is 1.04 bits per heavy atom. The van der Waals surface area contributed by atoms with E-state index in [4.69, 9.17) is 9.47 Å². The van der Waals surface area contributed by atoms with Gasteiger partial charge in [-0.2, -0.15) is 0 Å². The summed E-state index contributed by atoms with van der Waals surface area (Å²) in [6, 6.07) is 7.78. The molecule has 0 radical (unpaired) electrons. The van der Waals surface area contributed by atoms with E-state index in [0.29, 0.717) is 37.2 Å². The van der Waals surface area contributed by atoms with Gasteiger partial charge >= 0.3 is 12.1 Å². The molecule has 8 nitrogen and oxygen atoms in total. The molecule has 0 bridgehead atoms. The van der Waals surface area contributed by atoms with Crippen LogP contribution in [0.25, 0.3) is 0 Å². The lowest BCUT2D eigenvalue weighted by Gasteiger charge is -2.42. The van der Waals surface area contributed by atoms with E-state index in [1.54, 1.807) is 12.0 Å². The maximum Gasteiger partial charge on any atom is 0.409 e. The van der Waals surface area contributed by atoms with Crippen molar-refractivity contribution in [2.45, 2.75) is 25.8 Å². The lowest BCUT2D eigenvalue weighted by Crippen LogP contribution is -2.55. The number of amides is 3. The highest BCUT2D eigenvalue weighted by Gasteiger charge is 2.30. The molecule has 0 spiro atoms. The van der Waals surface area contributed by atoms with Crippen LogP contribution in [-0.2, 0) is 4.74 Å². The van der Waals surface area contributed by atoms with E-state index < -0.39 is 0 Å². The quantitative estimate of drug-likeness (QED) is 0.855. The molecule has 0 atom stereocenters. The molecule has 2 heterocycles. The van der Waals surface area contributed by atoms with Crippen LogP contribution in [0.2, 0.25) is 0 Å². The van der Waals surface area contributed by atoms with Gasteiger partial charge in [0.15, 0.2) is 0 Å². The molecule has 2 aliphatic rings. The van der Waals surface area contributed by atoms with Crippen LogP contribution in [0.4, 0.5) is 15.3 Å². The Morgan fingerprint density at radius 3 is 2.36 bits per heavy atom. The highest BCUT2D eigenvalue weighted by Crippen LogP contribution is 2.24. The minimum absolute atomic E-state index is 0.0960. The number of para-hydroxylation sites is 2. The lowest BCUT2D eigenvalue weighted by molar-refractivity contribution is 0.0581. The number of carbonyl (C=O) groups excluding carboxylic acids is 2. The van der Waals surface area contributed by atoms with Gasteiger partial charge in [0.05, 0.1) is 19.4 Å². The number of piperidine rings is 1. The summed E-state index contributed by atoms with van der Waals surface area (Å²) < 4.78 is 10.4. The van der Waals surface area contributed by atoms with Crippen molar-refractivity contribution in [3.05, 3.63) is 24.3 Å². The molecule has 0 saturated carbocycles. The third-order valence-electron chi connectivity index (χ3n) is 5.46. The number of urea groups is 1. The average molecular weight is 390 g/mol. The van der Waals surface area contributed by atoms with E-state index in [1.165, 1.54) is 0 Å². The number of nitrogens with one attached hydrogen (secondary N) is 1. The fourth-order valence-electron chi connectivity index (χ4n) is 3.86. The van der Waals surface area contributed by atoms with Crippen LogP contribution in [0.1, 0.15) is 19.8 Å². The van der Waals surface area contributed by atoms with Crippen LogP contribution in [0, 0.1) is 0 Å². The van der Waals surface area contributed by atoms with E-state index in [-0.39, 0.29) is 12.1 Å². The Kier molecular flexibility index (Phi) is 6.97. The number of likely N-dealkylation sites (tertiary alicyclic amines) is 1. The van der Waals surface area contributed by atoms with E-state index in [2.05, 4.69) is 10.2 Å². The summed E-state index contributed by atoms with van der Waals surface area (Å²) >= 11 is 0. The Morgan fingerprint density at radius 2 is 1.71 bits per heavy atom. The summed E-state index contributed by atoms with van der Waals surface area (Å²) in [6.07, 6.45) is 1.69. The molecule has 1 N–H and O–H groups in total. The van der Waals surface area contributed by atoms with Crippen LogP contribution in [-0.4, -0.2) is 85.9 Å². The summed E-state index contributed by atoms with van der Waals surface area (Å²) in [5, 5.41) is 2.94. The number of rotatable bonds is 4. The number of piperazine rings is 1. The Hall–Kier alpha value is -2.48. The van der Waals surface area contributed by atoms with Crippen molar-refractivity contribution in [1.82, 2.24) is 14.7 Å². The molecule has 1 aromatic rings. The number of methoxy groups -OCH3 is 1.